The zero-order valence-electron chi connectivity index (χ0n) is 9.07. The molecule has 1 heterocycles. The molecule has 0 aliphatic rings. The van der Waals surface area contributed by atoms with Gasteiger partial charge in [0.1, 0.15) is 6.33 Å². The molecule has 0 bridgehead atoms. The molecular formula is C10H18N4. The van der Waals surface area contributed by atoms with Crippen LogP contribution in [-0.4, -0.2) is 41.5 Å². The highest BCUT2D eigenvalue weighted by Crippen LogP contribution is 1.93. The number of nitrogens with zero attached hydrogens (tertiary/aromatic N) is 3. The van der Waals surface area contributed by atoms with Crippen LogP contribution in [-0.2, 0) is 6.54 Å². The Balaban J connectivity index is 2.27. The molecule has 0 radical (unpaired) electrons. The van der Waals surface area contributed by atoms with Gasteiger partial charge in [-0.25, -0.2) is 9.97 Å². The van der Waals surface area contributed by atoms with Crippen LogP contribution in [0.3, 0.4) is 0 Å². The smallest absolute Gasteiger partial charge is 0.115 e. The Kier molecular flexibility index (Phi) is 4.49. The summed E-state index contributed by atoms with van der Waals surface area (Å²) in [6.45, 7) is 4.04. The fourth-order valence-electron chi connectivity index (χ4n) is 1.33. The number of nitrogens with one attached hydrogen (secondary N) is 1. The molecule has 1 aromatic rings. The van der Waals surface area contributed by atoms with Gasteiger partial charge in [0, 0.05) is 37.1 Å². The van der Waals surface area contributed by atoms with E-state index in [4.69, 9.17) is 0 Å². The Morgan fingerprint density at radius 3 is 2.57 bits per heavy atom. The van der Waals surface area contributed by atoms with Crippen molar-refractivity contribution in [2.24, 2.45) is 0 Å². The molecule has 0 fully saturated rings. The van der Waals surface area contributed by atoms with Gasteiger partial charge in [-0.05, 0) is 21.0 Å². The van der Waals surface area contributed by atoms with Crippen molar-refractivity contribution in [3.8, 4) is 0 Å². The molecule has 1 N–H and O–H groups in total. The molecule has 78 valence electrons. The van der Waals surface area contributed by atoms with Gasteiger partial charge >= 0.3 is 0 Å². The lowest BCUT2D eigenvalue weighted by atomic mass is 10.3. The zero-order valence-corrected chi connectivity index (χ0v) is 9.07. The van der Waals surface area contributed by atoms with E-state index in [2.05, 4.69) is 41.2 Å². The van der Waals surface area contributed by atoms with Crippen molar-refractivity contribution in [1.29, 1.82) is 0 Å². The minimum absolute atomic E-state index is 0.477. The number of likely N-dealkylation sites (N-methyl/N-ethyl adjacent to an activating group) is 1. The van der Waals surface area contributed by atoms with Crippen LogP contribution in [0.4, 0.5) is 0 Å². The summed E-state index contributed by atoms with van der Waals surface area (Å²) in [4.78, 5) is 10.1. The first-order valence-electron chi connectivity index (χ1n) is 4.80. The van der Waals surface area contributed by atoms with Gasteiger partial charge in [-0.3, -0.25) is 0 Å². The topological polar surface area (TPSA) is 41.0 Å². The summed E-state index contributed by atoms with van der Waals surface area (Å²) in [7, 11) is 4.15. The summed E-state index contributed by atoms with van der Waals surface area (Å²) in [6, 6.07) is 0.477. The molecular weight excluding hydrogens is 176 g/mol. The monoisotopic (exact) mass is 194 g/mol. The van der Waals surface area contributed by atoms with Crippen molar-refractivity contribution in [3.05, 3.63) is 24.3 Å². The maximum atomic E-state index is 3.96. The first-order valence-corrected chi connectivity index (χ1v) is 4.80. The van der Waals surface area contributed by atoms with E-state index in [1.807, 2.05) is 12.4 Å². The Morgan fingerprint density at radius 1 is 1.36 bits per heavy atom. The molecule has 0 aliphatic carbocycles. The zero-order chi connectivity index (χ0) is 10.4. The third-order valence-corrected chi connectivity index (χ3v) is 1.91. The van der Waals surface area contributed by atoms with Gasteiger partial charge in [0.05, 0.1) is 0 Å². The third-order valence-electron chi connectivity index (χ3n) is 1.91. The molecule has 4 nitrogen and oxygen atoms in total. The van der Waals surface area contributed by atoms with E-state index in [-0.39, 0.29) is 0 Å². The Hall–Kier alpha value is -1.00. The molecule has 0 amide bonds. The van der Waals surface area contributed by atoms with Crippen molar-refractivity contribution in [2.45, 2.75) is 19.5 Å². The van der Waals surface area contributed by atoms with E-state index in [0.717, 1.165) is 18.7 Å². The van der Waals surface area contributed by atoms with Crippen LogP contribution in [0.1, 0.15) is 12.5 Å². The third kappa shape index (κ3) is 4.30. The second-order valence-corrected chi connectivity index (χ2v) is 3.79. The van der Waals surface area contributed by atoms with E-state index >= 15 is 0 Å². The molecule has 0 aromatic carbocycles. The summed E-state index contributed by atoms with van der Waals surface area (Å²) in [5.74, 6) is 0. The lowest BCUT2D eigenvalue weighted by Gasteiger charge is -2.17. The lowest BCUT2D eigenvalue weighted by Crippen LogP contribution is -2.35. The Labute approximate surface area is 85.4 Å². The minimum atomic E-state index is 0.477. The van der Waals surface area contributed by atoms with Gasteiger partial charge < -0.3 is 10.2 Å². The first kappa shape index (κ1) is 11.1. The van der Waals surface area contributed by atoms with Crippen molar-refractivity contribution >= 4 is 0 Å². The van der Waals surface area contributed by atoms with Crippen LogP contribution in [0.5, 0.6) is 0 Å². The highest BCUT2D eigenvalue weighted by molar-refractivity contribution is 5.01. The van der Waals surface area contributed by atoms with Gasteiger partial charge in [-0.15, -0.1) is 0 Å². The quantitative estimate of drug-likeness (QED) is 0.742. The summed E-state index contributed by atoms with van der Waals surface area (Å²) in [5.41, 5.74) is 1.12. The highest BCUT2D eigenvalue weighted by Gasteiger charge is 2.02. The minimum Gasteiger partial charge on any atom is -0.309 e. The summed E-state index contributed by atoms with van der Waals surface area (Å²) in [5, 5.41) is 3.41. The molecule has 4 heteroatoms. The first-order chi connectivity index (χ1) is 6.68. The van der Waals surface area contributed by atoms with E-state index < -0.39 is 0 Å². The van der Waals surface area contributed by atoms with Gasteiger partial charge in [-0.1, -0.05) is 0 Å². The molecule has 0 aliphatic heterocycles. The summed E-state index contributed by atoms with van der Waals surface area (Å²) < 4.78 is 0. The Morgan fingerprint density at radius 2 is 2.00 bits per heavy atom. The van der Waals surface area contributed by atoms with Crippen molar-refractivity contribution < 1.29 is 0 Å². The van der Waals surface area contributed by atoms with E-state index in [1.165, 1.54) is 0 Å². The van der Waals surface area contributed by atoms with Crippen LogP contribution in [0.15, 0.2) is 18.7 Å². The van der Waals surface area contributed by atoms with E-state index in [9.17, 15) is 0 Å². The number of hydrogen-bond donors (Lipinski definition) is 1. The average molecular weight is 194 g/mol. The molecule has 0 saturated carbocycles. The highest BCUT2D eigenvalue weighted by atomic mass is 15.1. The Bertz CT molecular complexity index is 248. The van der Waals surface area contributed by atoms with Gasteiger partial charge in [0.2, 0.25) is 0 Å². The average Bonchev–Trinajstić information content (AvgIpc) is 2.15. The maximum absolute atomic E-state index is 3.96. The molecule has 14 heavy (non-hydrogen) atoms. The molecule has 0 spiro atoms. The normalized spacial score (nSPS) is 13.1. The number of hydrogen-bond acceptors (Lipinski definition) is 4. The molecule has 1 aromatic heterocycles. The predicted octanol–water partition coefficient (Wildman–Crippen LogP) is 0.516. The standard InChI is InChI=1S/C10H18N4/c1-9(7-14(2)3)13-6-10-4-11-8-12-5-10/h4-5,8-9,13H,6-7H2,1-3H3. The van der Waals surface area contributed by atoms with Gasteiger partial charge in [0.25, 0.3) is 0 Å². The number of rotatable bonds is 5. The molecule has 1 atom stereocenters. The number of aromatic nitrogens is 2. The summed E-state index contributed by atoms with van der Waals surface area (Å²) in [6.07, 6.45) is 5.22. The fourth-order valence-corrected chi connectivity index (χ4v) is 1.33. The molecule has 1 unspecified atom stereocenters. The van der Waals surface area contributed by atoms with Crippen LogP contribution in [0, 0.1) is 0 Å². The summed E-state index contributed by atoms with van der Waals surface area (Å²) >= 11 is 0. The van der Waals surface area contributed by atoms with E-state index in [0.29, 0.717) is 6.04 Å². The molecule has 0 saturated heterocycles. The van der Waals surface area contributed by atoms with Gasteiger partial charge in [-0.2, -0.15) is 0 Å². The van der Waals surface area contributed by atoms with Crippen molar-refractivity contribution in [1.82, 2.24) is 20.2 Å². The largest absolute Gasteiger partial charge is 0.309 e. The predicted molar refractivity (Wildman–Crippen MR) is 56.9 cm³/mol. The van der Waals surface area contributed by atoms with Crippen LogP contribution in [0.25, 0.3) is 0 Å². The fraction of sp³-hybridized carbons (Fsp3) is 0.600. The SMILES string of the molecule is CC(CN(C)C)NCc1cncnc1. The second kappa shape index (κ2) is 5.67. The second-order valence-electron chi connectivity index (χ2n) is 3.79. The van der Waals surface area contributed by atoms with E-state index in [1.54, 1.807) is 6.33 Å². The molecule has 1 rings (SSSR count). The van der Waals surface area contributed by atoms with Crippen LogP contribution in [0.2, 0.25) is 0 Å². The van der Waals surface area contributed by atoms with Crippen molar-refractivity contribution in [3.63, 3.8) is 0 Å². The van der Waals surface area contributed by atoms with Gasteiger partial charge in [0.15, 0.2) is 0 Å². The van der Waals surface area contributed by atoms with Crippen LogP contribution < -0.4 is 5.32 Å². The van der Waals surface area contributed by atoms with Crippen LogP contribution >= 0.6 is 0 Å². The maximum Gasteiger partial charge on any atom is 0.115 e. The van der Waals surface area contributed by atoms with Crippen molar-refractivity contribution in [2.75, 3.05) is 20.6 Å². The lowest BCUT2D eigenvalue weighted by molar-refractivity contribution is 0.349.